The van der Waals surface area contributed by atoms with E-state index in [0.29, 0.717) is 5.92 Å². The van der Waals surface area contributed by atoms with E-state index >= 15 is 0 Å². The van der Waals surface area contributed by atoms with E-state index in [1.165, 1.54) is 28.7 Å². The van der Waals surface area contributed by atoms with Crippen LogP contribution in [0.5, 0.6) is 0 Å². The molecule has 0 aliphatic heterocycles. The molecule has 86 valence electrons. The van der Waals surface area contributed by atoms with Crippen LogP contribution in [0, 0.1) is 20.8 Å². The average Bonchev–Trinajstić information content (AvgIpc) is 2.24. The van der Waals surface area contributed by atoms with Crippen LogP contribution in [0.3, 0.4) is 0 Å². The summed E-state index contributed by atoms with van der Waals surface area (Å²) in [6.07, 6.45) is 1.21. The number of hydrogen-bond acceptors (Lipinski definition) is 0. The van der Waals surface area contributed by atoms with E-state index in [1.807, 2.05) is 0 Å². The number of hydrogen-bond donors (Lipinski definition) is 0. The van der Waals surface area contributed by atoms with E-state index in [4.69, 9.17) is 0 Å². The molecule has 0 amide bonds. The first kappa shape index (κ1) is 10.6. The fourth-order valence-corrected chi connectivity index (χ4v) is 3.23. The van der Waals surface area contributed by atoms with E-state index in [-0.39, 0.29) is 0 Å². The lowest BCUT2D eigenvalue weighted by molar-refractivity contribution is 0.691. The van der Waals surface area contributed by atoms with Gasteiger partial charge >= 0.3 is 0 Å². The molecule has 0 heteroatoms. The summed E-state index contributed by atoms with van der Waals surface area (Å²) in [6.45, 7) is 6.70. The largest absolute Gasteiger partial charge is 0.0617 e. The van der Waals surface area contributed by atoms with Crippen molar-refractivity contribution in [3.05, 3.63) is 69.8 Å². The van der Waals surface area contributed by atoms with Gasteiger partial charge in [-0.1, -0.05) is 36.4 Å². The Bertz CT molecular complexity index is 544. The third kappa shape index (κ3) is 1.51. The van der Waals surface area contributed by atoms with Crippen molar-refractivity contribution in [3.8, 4) is 0 Å². The Morgan fingerprint density at radius 1 is 0.765 bits per heavy atom. The third-order valence-corrected chi connectivity index (χ3v) is 4.08. The molecule has 0 aromatic heterocycles. The van der Waals surface area contributed by atoms with Crippen LogP contribution < -0.4 is 0 Å². The van der Waals surface area contributed by atoms with Crippen LogP contribution >= 0.6 is 0 Å². The Hall–Kier alpha value is -1.56. The summed E-state index contributed by atoms with van der Waals surface area (Å²) in [5, 5.41) is 0. The molecule has 2 aromatic rings. The lowest BCUT2D eigenvalue weighted by atomic mass is 9.70. The van der Waals surface area contributed by atoms with Gasteiger partial charge < -0.3 is 0 Å². The predicted octanol–water partition coefficient (Wildman–Crippen LogP) is 4.30. The highest BCUT2D eigenvalue weighted by Crippen LogP contribution is 2.44. The second-order valence-corrected chi connectivity index (χ2v) is 5.21. The number of fused-ring (bicyclic) bond motifs is 1. The molecule has 0 nitrogen and oxygen atoms in total. The van der Waals surface area contributed by atoms with Gasteiger partial charge in [0.25, 0.3) is 0 Å². The average molecular weight is 222 g/mol. The highest BCUT2D eigenvalue weighted by molar-refractivity contribution is 5.54. The Morgan fingerprint density at radius 3 is 1.88 bits per heavy atom. The van der Waals surface area contributed by atoms with Crippen molar-refractivity contribution in [2.75, 3.05) is 0 Å². The monoisotopic (exact) mass is 222 g/mol. The second kappa shape index (κ2) is 3.73. The highest BCUT2D eigenvalue weighted by Gasteiger charge is 2.30. The summed E-state index contributed by atoms with van der Waals surface area (Å²) in [4.78, 5) is 0. The Kier molecular flexibility index (Phi) is 2.32. The van der Waals surface area contributed by atoms with Crippen molar-refractivity contribution in [2.24, 2.45) is 0 Å². The van der Waals surface area contributed by atoms with Gasteiger partial charge in [-0.3, -0.25) is 0 Å². The van der Waals surface area contributed by atoms with Crippen molar-refractivity contribution in [2.45, 2.75) is 33.1 Å². The van der Waals surface area contributed by atoms with Gasteiger partial charge in [0, 0.05) is 5.92 Å². The molecule has 3 rings (SSSR count). The molecule has 1 atom stereocenters. The van der Waals surface area contributed by atoms with Crippen LogP contribution in [0.25, 0.3) is 0 Å². The fraction of sp³-hybridized carbons (Fsp3) is 0.294. The first-order valence-electron chi connectivity index (χ1n) is 6.33. The van der Waals surface area contributed by atoms with Crippen LogP contribution in [0.15, 0.2) is 36.4 Å². The van der Waals surface area contributed by atoms with Gasteiger partial charge in [-0.25, -0.2) is 0 Å². The normalized spacial score (nSPS) is 17.5. The molecule has 0 bridgehead atoms. The van der Waals surface area contributed by atoms with E-state index in [1.54, 1.807) is 11.1 Å². The number of benzene rings is 2. The standard InChI is InChI=1S/C17H18/c1-11-6-4-7-12(2)16(11)15-10-14-9-5-8-13(3)17(14)15/h4-9,15H,10H2,1-3H3. The molecule has 0 N–H and O–H groups in total. The van der Waals surface area contributed by atoms with Gasteiger partial charge in [0.1, 0.15) is 0 Å². The summed E-state index contributed by atoms with van der Waals surface area (Å²) in [5.74, 6) is 0.632. The van der Waals surface area contributed by atoms with Gasteiger partial charge in [0.05, 0.1) is 0 Å². The maximum atomic E-state index is 2.27. The summed E-state index contributed by atoms with van der Waals surface area (Å²) in [7, 11) is 0. The summed E-state index contributed by atoms with van der Waals surface area (Å²) in [6, 6.07) is 13.3. The molecule has 0 radical (unpaired) electrons. The molecule has 0 heterocycles. The molecule has 1 aliphatic carbocycles. The quantitative estimate of drug-likeness (QED) is 0.675. The topological polar surface area (TPSA) is 0 Å². The van der Waals surface area contributed by atoms with Crippen molar-refractivity contribution < 1.29 is 0 Å². The van der Waals surface area contributed by atoms with Crippen molar-refractivity contribution >= 4 is 0 Å². The number of aryl methyl sites for hydroxylation is 3. The van der Waals surface area contributed by atoms with Crippen LogP contribution in [-0.4, -0.2) is 0 Å². The SMILES string of the molecule is Cc1cccc(C)c1C1Cc2cccc(C)c21. The highest BCUT2D eigenvalue weighted by atomic mass is 14.3. The minimum atomic E-state index is 0.632. The van der Waals surface area contributed by atoms with Crippen LogP contribution in [0.1, 0.15) is 39.3 Å². The number of rotatable bonds is 1. The zero-order chi connectivity index (χ0) is 12.0. The van der Waals surface area contributed by atoms with Gasteiger partial charge in [0.15, 0.2) is 0 Å². The van der Waals surface area contributed by atoms with E-state index in [0.717, 1.165) is 0 Å². The molecule has 1 aliphatic rings. The second-order valence-electron chi connectivity index (χ2n) is 5.21. The van der Waals surface area contributed by atoms with Gasteiger partial charge in [-0.05, 0) is 60.6 Å². The van der Waals surface area contributed by atoms with Crippen molar-refractivity contribution in [3.63, 3.8) is 0 Å². The maximum Gasteiger partial charge on any atom is 0.0140 e. The molecule has 0 saturated heterocycles. The van der Waals surface area contributed by atoms with Gasteiger partial charge in [-0.2, -0.15) is 0 Å². The van der Waals surface area contributed by atoms with Crippen LogP contribution in [0.4, 0.5) is 0 Å². The lowest BCUT2D eigenvalue weighted by Crippen LogP contribution is -2.21. The van der Waals surface area contributed by atoms with Gasteiger partial charge in [0.2, 0.25) is 0 Å². The minimum absolute atomic E-state index is 0.632. The lowest BCUT2D eigenvalue weighted by Gasteiger charge is -2.34. The molecular weight excluding hydrogens is 204 g/mol. The summed E-state index contributed by atoms with van der Waals surface area (Å²) < 4.78 is 0. The first-order chi connectivity index (χ1) is 8.18. The Morgan fingerprint density at radius 2 is 1.29 bits per heavy atom. The molecule has 0 saturated carbocycles. The molecular formula is C17H18. The van der Waals surface area contributed by atoms with E-state index < -0.39 is 0 Å². The predicted molar refractivity (Wildman–Crippen MR) is 72.6 cm³/mol. The van der Waals surface area contributed by atoms with Gasteiger partial charge in [-0.15, -0.1) is 0 Å². The van der Waals surface area contributed by atoms with E-state index in [2.05, 4.69) is 57.2 Å². The molecule has 0 fully saturated rings. The molecule has 2 aromatic carbocycles. The summed E-state index contributed by atoms with van der Waals surface area (Å²) in [5.41, 5.74) is 8.98. The van der Waals surface area contributed by atoms with Crippen LogP contribution in [0.2, 0.25) is 0 Å². The van der Waals surface area contributed by atoms with Crippen molar-refractivity contribution in [1.82, 2.24) is 0 Å². The van der Waals surface area contributed by atoms with Crippen molar-refractivity contribution in [1.29, 1.82) is 0 Å². The zero-order valence-corrected chi connectivity index (χ0v) is 10.7. The molecule has 0 spiro atoms. The summed E-state index contributed by atoms with van der Waals surface area (Å²) >= 11 is 0. The Labute approximate surface area is 103 Å². The first-order valence-corrected chi connectivity index (χ1v) is 6.33. The maximum absolute atomic E-state index is 2.27. The van der Waals surface area contributed by atoms with Crippen LogP contribution in [-0.2, 0) is 6.42 Å². The minimum Gasteiger partial charge on any atom is -0.0617 e. The smallest absolute Gasteiger partial charge is 0.0140 e. The Balaban J connectivity index is 2.13. The van der Waals surface area contributed by atoms with E-state index in [9.17, 15) is 0 Å². The molecule has 17 heavy (non-hydrogen) atoms. The third-order valence-electron chi connectivity index (χ3n) is 4.08. The fourth-order valence-electron chi connectivity index (χ4n) is 3.23. The molecule has 1 unspecified atom stereocenters. The zero-order valence-electron chi connectivity index (χ0n) is 10.7.